The van der Waals surface area contributed by atoms with Crippen molar-refractivity contribution in [3.63, 3.8) is 0 Å². The molecule has 1 unspecified atom stereocenters. The summed E-state index contributed by atoms with van der Waals surface area (Å²) in [4.78, 5) is 0. The van der Waals surface area contributed by atoms with Crippen molar-refractivity contribution in [3.05, 3.63) is 58.1 Å². The minimum Gasteiger partial charge on any atom is -0.358 e. The van der Waals surface area contributed by atoms with Crippen molar-refractivity contribution in [1.29, 1.82) is 0 Å². The highest BCUT2D eigenvalue weighted by atomic mass is 35.5. The molecule has 0 heterocycles. The lowest BCUT2D eigenvalue weighted by Gasteiger charge is -2.23. The van der Waals surface area contributed by atoms with Crippen LogP contribution in [0.25, 0.3) is 0 Å². The molecule has 1 atom stereocenters. The Morgan fingerprint density at radius 1 is 1.19 bits per heavy atom. The smallest absolute Gasteiger partial charge is 0.220 e. The molecule has 0 radical (unpaired) electrons. The van der Waals surface area contributed by atoms with Crippen molar-refractivity contribution in [3.8, 4) is 0 Å². The summed E-state index contributed by atoms with van der Waals surface area (Å²) in [6.07, 6.45) is 4.53. The Kier molecular flexibility index (Phi) is 3.08. The third-order valence-electron chi connectivity index (χ3n) is 2.45. The maximum Gasteiger partial charge on any atom is 0.220 e. The lowest BCUT2D eigenvalue weighted by molar-refractivity contribution is -0.0796. The second-order valence-electron chi connectivity index (χ2n) is 3.68. The van der Waals surface area contributed by atoms with E-state index in [9.17, 15) is 10.2 Å². The van der Waals surface area contributed by atoms with Crippen molar-refractivity contribution >= 4 is 23.2 Å². The van der Waals surface area contributed by atoms with E-state index in [1.165, 1.54) is 6.08 Å². The summed E-state index contributed by atoms with van der Waals surface area (Å²) >= 11 is 11.6. The van der Waals surface area contributed by atoms with Gasteiger partial charge in [-0.25, -0.2) is 0 Å². The molecule has 4 heteroatoms. The quantitative estimate of drug-likeness (QED) is 0.600. The van der Waals surface area contributed by atoms with Crippen molar-refractivity contribution in [2.45, 2.75) is 11.7 Å². The molecule has 1 aliphatic rings. The van der Waals surface area contributed by atoms with Gasteiger partial charge in [0.1, 0.15) is 0 Å². The molecule has 1 aromatic rings. The molecular formula is C12H10Cl2O2. The van der Waals surface area contributed by atoms with E-state index in [2.05, 4.69) is 0 Å². The van der Waals surface area contributed by atoms with Gasteiger partial charge in [-0.15, -0.1) is 0 Å². The van der Waals surface area contributed by atoms with E-state index in [1.54, 1.807) is 18.2 Å². The minimum atomic E-state index is -2.05. The molecule has 0 saturated heterocycles. The van der Waals surface area contributed by atoms with Gasteiger partial charge in [0.25, 0.3) is 0 Å². The Balaban J connectivity index is 2.33. The molecule has 2 rings (SSSR count). The van der Waals surface area contributed by atoms with E-state index in [0.29, 0.717) is 5.02 Å². The molecular weight excluding hydrogens is 247 g/mol. The topological polar surface area (TPSA) is 40.5 Å². The molecule has 2 N–H and O–H groups in total. The van der Waals surface area contributed by atoms with Gasteiger partial charge >= 0.3 is 0 Å². The van der Waals surface area contributed by atoms with E-state index in [0.717, 1.165) is 5.56 Å². The van der Waals surface area contributed by atoms with E-state index < -0.39 is 5.79 Å². The summed E-state index contributed by atoms with van der Waals surface area (Å²) in [7, 11) is 0. The predicted molar refractivity (Wildman–Crippen MR) is 64.4 cm³/mol. The summed E-state index contributed by atoms with van der Waals surface area (Å²) in [5.74, 6) is -2.13. The number of aliphatic hydroxyl groups is 2. The van der Waals surface area contributed by atoms with Crippen LogP contribution in [-0.4, -0.2) is 16.0 Å². The molecule has 1 aromatic carbocycles. The van der Waals surface area contributed by atoms with Crippen molar-refractivity contribution in [1.82, 2.24) is 0 Å². The van der Waals surface area contributed by atoms with Gasteiger partial charge in [0.05, 0.1) is 5.03 Å². The van der Waals surface area contributed by atoms with E-state index >= 15 is 0 Å². The van der Waals surface area contributed by atoms with Crippen LogP contribution in [0.15, 0.2) is 47.5 Å². The molecule has 16 heavy (non-hydrogen) atoms. The summed E-state index contributed by atoms with van der Waals surface area (Å²) in [5, 5.41) is 19.4. The monoisotopic (exact) mass is 256 g/mol. The second kappa shape index (κ2) is 4.22. The standard InChI is InChI=1S/C12H10Cl2O2/c13-10-3-1-2-8(6-10)9-4-5-12(15,16)11(14)7-9/h1-7,9,15-16H. The van der Waals surface area contributed by atoms with E-state index in [1.807, 2.05) is 18.2 Å². The van der Waals surface area contributed by atoms with Crippen molar-refractivity contribution in [2.75, 3.05) is 0 Å². The van der Waals surface area contributed by atoms with Crippen LogP contribution in [0.1, 0.15) is 11.5 Å². The summed E-state index contributed by atoms with van der Waals surface area (Å²) in [6.45, 7) is 0. The van der Waals surface area contributed by atoms with Crippen LogP contribution >= 0.6 is 23.2 Å². The Bertz CT molecular complexity index is 464. The van der Waals surface area contributed by atoms with Crippen LogP contribution in [0, 0.1) is 0 Å². The van der Waals surface area contributed by atoms with Gasteiger partial charge in [-0.05, 0) is 23.8 Å². The van der Waals surface area contributed by atoms with Crippen molar-refractivity contribution < 1.29 is 10.2 Å². The number of hydrogen-bond acceptors (Lipinski definition) is 2. The largest absolute Gasteiger partial charge is 0.358 e. The zero-order valence-electron chi connectivity index (χ0n) is 8.27. The van der Waals surface area contributed by atoms with Gasteiger partial charge in [-0.1, -0.05) is 47.5 Å². The lowest BCUT2D eigenvalue weighted by atomic mass is 9.93. The third kappa shape index (κ3) is 2.30. The maximum absolute atomic E-state index is 9.40. The number of halogens is 2. The predicted octanol–water partition coefficient (Wildman–Crippen LogP) is 2.80. The SMILES string of the molecule is OC1(O)C=CC(c2cccc(Cl)c2)C=C1Cl. The first-order valence-electron chi connectivity index (χ1n) is 4.76. The highest BCUT2D eigenvalue weighted by Gasteiger charge is 2.28. The van der Waals surface area contributed by atoms with Crippen LogP contribution < -0.4 is 0 Å². The molecule has 0 amide bonds. The highest BCUT2D eigenvalue weighted by molar-refractivity contribution is 6.31. The molecule has 0 saturated carbocycles. The molecule has 0 aromatic heterocycles. The first-order chi connectivity index (χ1) is 7.49. The van der Waals surface area contributed by atoms with Gasteiger partial charge in [0.15, 0.2) is 0 Å². The number of benzene rings is 1. The molecule has 0 spiro atoms. The molecule has 0 aliphatic heterocycles. The first-order valence-corrected chi connectivity index (χ1v) is 5.52. The van der Waals surface area contributed by atoms with Crippen LogP contribution in [-0.2, 0) is 0 Å². The molecule has 2 nitrogen and oxygen atoms in total. The number of rotatable bonds is 1. The highest BCUT2D eigenvalue weighted by Crippen LogP contribution is 2.32. The molecule has 0 bridgehead atoms. The second-order valence-corrected chi connectivity index (χ2v) is 4.52. The van der Waals surface area contributed by atoms with Crippen LogP contribution in [0.3, 0.4) is 0 Å². The lowest BCUT2D eigenvalue weighted by Crippen LogP contribution is -2.28. The van der Waals surface area contributed by atoms with Crippen molar-refractivity contribution in [2.24, 2.45) is 0 Å². The number of allylic oxidation sites excluding steroid dienone is 2. The fourth-order valence-corrected chi connectivity index (χ4v) is 1.97. The van der Waals surface area contributed by atoms with Gasteiger partial charge in [0.2, 0.25) is 5.79 Å². The molecule has 1 aliphatic carbocycles. The normalized spacial score (nSPS) is 23.0. The average Bonchev–Trinajstić information content (AvgIpc) is 2.22. The zero-order chi connectivity index (χ0) is 11.8. The average molecular weight is 257 g/mol. The zero-order valence-corrected chi connectivity index (χ0v) is 9.78. The van der Waals surface area contributed by atoms with Crippen LogP contribution in [0.5, 0.6) is 0 Å². The third-order valence-corrected chi connectivity index (χ3v) is 3.09. The Hall–Kier alpha value is -0.800. The Morgan fingerprint density at radius 2 is 1.94 bits per heavy atom. The summed E-state index contributed by atoms with van der Waals surface area (Å²) < 4.78 is 0. The van der Waals surface area contributed by atoms with Gasteiger partial charge in [-0.3, -0.25) is 0 Å². The minimum absolute atomic E-state index is 0.0000227. The van der Waals surface area contributed by atoms with Gasteiger partial charge < -0.3 is 10.2 Å². The summed E-state index contributed by atoms with van der Waals surface area (Å²) in [5.41, 5.74) is 0.956. The first kappa shape index (κ1) is 11.7. The van der Waals surface area contributed by atoms with E-state index in [-0.39, 0.29) is 11.0 Å². The Morgan fingerprint density at radius 3 is 2.56 bits per heavy atom. The fraction of sp³-hybridized carbons (Fsp3) is 0.167. The maximum atomic E-state index is 9.40. The van der Waals surface area contributed by atoms with E-state index in [4.69, 9.17) is 23.2 Å². The Labute approximate surface area is 103 Å². The van der Waals surface area contributed by atoms with Gasteiger partial charge in [-0.2, -0.15) is 0 Å². The number of hydrogen-bond donors (Lipinski definition) is 2. The van der Waals surface area contributed by atoms with Crippen LogP contribution in [0.4, 0.5) is 0 Å². The molecule has 84 valence electrons. The van der Waals surface area contributed by atoms with Gasteiger partial charge in [0, 0.05) is 10.9 Å². The fourth-order valence-electron chi connectivity index (χ4n) is 1.57. The molecule has 0 fully saturated rings. The summed E-state index contributed by atoms with van der Waals surface area (Å²) in [6, 6.07) is 7.35. The van der Waals surface area contributed by atoms with Crippen LogP contribution in [0.2, 0.25) is 5.02 Å².